The van der Waals surface area contributed by atoms with Gasteiger partial charge in [-0.2, -0.15) is 0 Å². The topological polar surface area (TPSA) is 240 Å². The summed E-state index contributed by atoms with van der Waals surface area (Å²) >= 11 is 0. The van der Waals surface area contributed by atoms with Gasteiger partial charge in [-0.1, -0.05) is 25.9 Å². The molecule has 53 heavy (non-hydrogen) atoms. The van der Waals surface area contributed by atoms with Crippen LogP contribution in [0.25, 0.3) is 10.4 Å². The molecular formula is C37H51N3O13. The molecule has 3 heterocycles. The van der Waals surface area contributed by atoms with Gasteiger partial charge in [0.05, 0.1) is 23.7 Å². The quantitative estimate of drug-likeness (QED) is 0.0616. The zero-order valence-corrected chi connectivity index (χ0v) is 31.2. The van der Waals surface area contributed by atoms with E-state index in [9.17, 15) is 34.5 Å². The van der Waals surface area contributed by atoms with Crippen molar-refractivity contribution >= 4 is 23.9 Å². The fraction of sp³-hybridized carbons (Fsp3) is 0.892. The number of fused-ring (bicyclic) bond motifs is 9. The van der Waals surface area contributed by atoms with Crippen LogP contribution in [0, 0.1) is 57.7 Å². The molecule has 16 heteroatoms. The minimum absolute atomic E-state index is 0.0470. The number of unbranched alkanes of at least 4 members (excludes halogenated alkanes) is 1. The zero-order chi connectivity index (χ0) is 38.4. The summed E-state index contributed by atoms with van der Waals surface area (Å²) in [5.41, 5.74) is 2.89. The number of azide groups is 1. The lowest BCUT2D eigenvalue weighted by Gasteiger charge is -2.66. The highest BCUT2D eigenvalue weighted by Crippen LogP contribution is 2.80. The fourth-order valence-corrected chi connectivity index (χ4v) is 13.6. The third-order valence-electron chi connectivity index (χ3n) is 15.8. The molecule has 5 saturated carbocycles. The standard InChI is InChI=1S/C37H51N3O13/c1-14-22-25(35(6)36(7,47)32(46)53-37(35)30(14)52-37)26(44)23-21-18(50-20(43)10-8-9-11-39-40-38)12-17-13-19-27(51-19)29(45)33(17,4)24(21)28(48-15(2)41)31(34(22,23)5)49-16(3)42/h14,17-19,21-31,44-45,47H,8-13H2,1-7H3/t14-,17-,18-,19-,21?,22-,23+,24?,25-,26+,27-,28-,29-,30+,31-,33-,34+,35-,36+,37-/m0/s1. The second kappa shape index (κ2) is 11.8. The Labute approximate surface area is 307 Å². The largest absolute Gasteiger partial charge is 0.462 e. The van der Waals surface area contributed by atoms with Crippen molar-refractivity contribution in [2.75, 3.05) is 6.54 Å². The number of hydrogen-bond acceptors (Lipinski definition) is 14. The first-order valence-electron chi connectivity index (χ1n) is 19.0. The molecule has 292 valence electrons. The molecule has 5 aliphatic carbocycles. The lowest BCUT2D eigenvalue weighted by atomic mass is 9.41. The Kier molecular flexibility index (Phi) is 8.19. The Morgan fingerprint density at radius 2 is 1.66 bits per heavy atom. The first-order valence-corrected chi connectivity index (χ1v) is 19.0. The van der Waals surface area contributed by atoms with Crippen molar-refractivity contribution in [3.63, 3.8) is 0 Å². The number of carbonyl (C=O) groups is 4. The van der Waals surface area contributed by atoms with E-state index in [1.807, 2.05) is 20.8 Å². The molecule has 0 aromatic carbocycles. The Hall–Kier alpha value is -3.01. The van der Waals surface area contributed by atoms with Crippen LogP contribution >= 0.6 is 0 Å². The molecule has 0 aromatic rings. The second-order valence-electron chi connectivity index (χ2n) is 17.9. The SMILES string of the molecule is CC(=O)O[C@H]1C2C([C@@H](OC(=O)CCCCN=[N+]=[N-])C[C@H]3C[C@@H]4O[C@@H]4[C@H](O)[C@]23C)[C@@H]2[C@@H](O)[C@@H]3[C@H]([C@H](C)[C@H]4O[C@]45OC(=O)[C@@](C)(O)[C@]35C)[C@@]2(C)[C@H]1OC(C)=O. The molecule has 0 bridgehead atoms. The third-order valence-corrected chi connectivity index (χ3v) is 15.8. The Balaban J connectivity index is 1.31. The smallest absolute Gasteiger partial charge is 0.341 e. The van der Waals surface area contributed by atoms with E-state index in [4.69, 9.17) is 34.0 Å². The molecule has 3 saturated heterocycles. The van der Waals surface area contributed by atoms with E-state index >= 15 is 0 Å². The maximum absolute atomic E-state index is 13.7. The van der Waals surface area contributed by atoms with E-state index in [-0.39, 0.29) is 25.0 Å². The van der Waals surface area contributed by atoms with E-state index in [1.54, 1.807) is 6.92 Å². The predicted molar refractivity (Wildman–Crippen MR) is 178 cm³/mol. The Morgan fingerprint density at radius 3 is 2.32 bits per heavy atom. The van der Waals surface area contributed by atoms with Crippen LogP contribution in [-0.2, 0) is 47.6 Å². The average Bonchev–Trinajstić information content (AvgIpc) is 3.98. The molecule has 0 amide bonds. The van der Waals surface area contributed by atoms with E-state index in [1.165, 1.54) is 20.8 Å². The first-order chi connectivity index (χ1) is 24.8. The zero-order valence-electron chi connectivity index (χ0n) is 31.2. The molecule has 16 nitrogen and oxygen atoms in total. The van der Waals surface area contributed by atoms with Crippen LogP contribution < -0.4 is 0 Å². The molecule has 8 aliphatic rings. The molecular weight excluding hydrogens is 694 g/mol. The minimum atomic E-state index is -2.08. The highest BCUT2D eigenvalue weighted by atomic mass is 16.8. The van der Waals surface area contributed by atoms with Crippen molar-refractivity contribution < 1.29 is 62.9 Å². The minimum Gasteiger partial charge on any atom is -0.462 e. The van der Waals surface area contributed by atoms with Crippen LogP contribution in [0.3, 0.4) is 0 Å². The van der Waals surface area contributed by atoms with Crippen LogP contribution in [0.15, 0.2) is 5.11 Å². The summed E-state index contributed by atoms with van der Waals surface area (Å²) in [6.45, 7) is 11.6. The summed E-state index contributed by atoms with van der Waals surface area (Å²) < 4.78 is 37.0. The van der Waals surface area contributed by atoms with Gasteiger partial charge in [-0.25, -0.2) is 4.79 Å². The number of carbonyl (C=O) groups excluding carboxylic acids is 4. The number of nitrogens with zero attached hydrogens (tertiary/aromatic N) is 3. The Morgan fingerprint density at radius 1 is 0.962 bits per heavy atom. The normalized spacial score (nSPS) is 54.8. The lowest BCUT2D eigenvalue weighted by Crippen LogP contribution is -2.72. The van der Waals surface area contributed by atoms with Crippen molar-refractivity contribution in [1.29, 1.82) is 0 Å². The monoisotopic (exact) mass is 745 g/mol. The van der Waals surface area contributed by atoms with Crippen molar-refractivity contribution in [2.24, 2.45) is 62.8 Å². The van der Waals surface area contributed by atoms with E-state index < -0.39 is 130 Å². The summed E-state index contributed by atoms with van der Waals surface area (Å²) in [5.74, 6) is -8.61. The van der Waals surface area contributed by atoms with Crippen LogP contribution in [0.2, 0.25) is 0 Å². The molecule has 1 spiro atoms. The van der Waals surface area contributed by atoms with Crippen LogP contribution in [-0.4, -0.2) is 106 Å². The van der Waals surface area contributed by atoms with Crippen LogP contribution in [0.4, 0.5) is 0 Å². The summed E-state index contributed by atoms with van der Waals surface area (Å²) in [6, 6.07) is 0. The van der Waals surface area contributed by atoms with Gasteiger partial charge < -0.3 is 43.7 Å². The summed E-state index contributed by atoms with van der Waals surface area (Å²) in [6.07, 6.45) is -4.90. The molecule has 0 aromatic heterocycles. The van der Waals surface area contributed by atoms with Crippen LogP contribution in [0.5, 0.6) is 0 Å². The summed E-state index contributed by atoms with van der Waals surface area (Å²) in [4.78, 5) is 56.2. The highest BCUT2D eigenvalue weighted by molar-refractivity contribution is 5.84. The number of rotatable bonds is 8. The van der Waals surface area contributed by atoms with Gasteiger partial charge in [0.1, 0.15) is 30.5 Å². The number of aliphatic hydroxyl groups excluding tert-OH is 2. The van der Waals surface area contributed by atoms with Gasteiger partial charge in [0.25, 0.3) is 0 Å². The second-order valence-corrected chi connectivity index (χ2v) is 17.9. The maximum Gasteiger partial charge on any atom is 0.341 e. The summed E-state index contributed by atoms with van der Waals surface area (Å²) in [7, 11) is 0. The van der Waals surface area contributed by atoms with E-state index in [2.05, 4.69) is 10.0 Å². The van der Waals surface area contributed by atoms with Crippen molar-refractivity contribution in [2.45, 2.75) is 141 Å². The average molecular weight is 746 g/mol. The van der Waals surface area contributed by atoms with Crippen molar-refractivity contribution in [3.05, 3.63) is 10.4 Å². The van der Waals surface area contributed by atoms with Gasteiger partial charge in [-0.15, -0.1) is 0 Å². The van der Waals surface area contributed by atoms with Crippen LogP contribution in [0.1, 0.15) is 80.6 Å². The van der Waals surface area contributed by atoms with Crippen molar-refractivity contribution in [3.8, 4) is 0 Å². The van der Waals surface area contributed by atoms with Gasteiger partial charge >= 0.3 is 23.9 Å². The van der Waals surface area contributed by atoms with Gasteiger partial charge in [-0.05, 0) is 62.8 Å². The summed E-state index contributed by atoms with van der Waals surface area (Å²) in [5, 5.41) is 40.7. The molecule has 2 unspecified atom stereocenters. The maximum atomic E-state index is 13.7. The molecule has 3 aliphatic heterocycles. The number of ether oxygens (including phenoxy) is 6. The number of esters is 4. The number of epoxide rings is 2. The fourth-order valence-electron chi connectivity index (χ4n) is 13.6. The van der Waals surface area contributed by atoms with Gasteiger partial charge in [0.15, 0.2) is 5.60 Å². The molecule has 0 radical (unpaired) electrons. The highest BCUT2D eigenvalue weighted by Gasteiger charge is 2.93. The molecule has 20 atom stereocenters. The first kappa shape index (κ1) is 36.9. The van der Waals surface area contributed by atoms with E-state index in [0.717, 1.165) is 0 Å². The number of aliphatic hydroxyl groups is 3. The molecule has 3 N–H and O–H groups in total. The predicted octanol–water partition coefficient (Wildman–Crippen LogP) is 2.33. The Bertz CT molecular complexity index is 1670. The third kappa shape index (κ3) is 4.56. The van der Waals surface area contributed by atoms with E-state index in [0.29, 0.717) is 25.7 Å². The number of hydrogen-bond donors (Lipinski definition) is 3. The lowest BCUT2D eigenvalue weighted by molar-refractivity contribution is -0.282. The van der Waals surface area contributed by atoms with Gasteiger partial charge in [0.2, 0.25) is 5.79 Å². The molecule has 8 rings (SSSR count). The van der Waals surface area contributed by atoms with Gasteiger partial charge in [-0.3, -0.25) is 14.4 Å². The van der Waals surface area contributed by atoms with Crippen molar-refractivity contribution in [1.82, 2.24) is 0 Å². The van der Waals surface area contributed by atoms with Gasteiger partial charge in [0, 0.05) is 66.2 Å². The molecule has 8 fully saturated rings.